The molecule has 1 aromatic heterocycles. The third kappa shape index (κ3) is 4.98. The zero-order valence-corrected chi connectivity index (χ0v) is 14.0. The smallest absolute Gasteiger partial charge is 0.315 e. The number of hydrogen-bond donors (Lipinski definition) is 2. The molecule has 0 radical (unpaired) electrons. The molecule has 0 saturated heterocycles. The van der Waals surface area contributed by atoms with Gasteiger partial charge in [-0.25, -0.2) is 9.78 Å². The first-order chi connectivity index (χ1) is 11.1. The van der Waals surface area contributed by atoms with E-state index in [2.05, 4.69) is 34.7 Å². The molecule has 0 saturated carbocycles. The van der Waals surface area contributed by atoms with E-state index >= 15 is 0 Å². The van der Waals surface area contributed by atoms with Crippen LogP contribution in [0.25, 0.3) is 0 Å². The number of nitrogens with zero attached hydrogens (tertiary/aromatic N) is 2. The zero-order chi connectivity index (χ0) is 16.7. The topological polar surface area (TPSA) is 57.3 Å². The Morgan fingerprint density at radius 3 is 2.35 bits per heavy atom. The van der Waals surface area contributed by atoms with Gasteiger partial charge in [-0.2, -0.15) is 0 Å². The first kappa shape index (κ1) is 16.8. The molecule has 122 valence electrons. The third-order valence-electron chi connectivity index (χ3n) is 3.61. The lowest BCUT2D eigenvalue weighted by Crippen LogP contribution is -2.35. The molecule has 0 aliphatic rings. The molecule has 5 heteroatoms. The Morgan fingerprint density at radius 2 is 1.70 bits per heavy atom. The van der Waals surface area contributed by atoms with Crippen molar-refractivity contribution in [3.8, 4) is 0 Å². The number of benzene rings is 1. The van der Waals surface area contributed by atoms with Crippen molar-refractivity contribution < 1.29 is 4.79 Å². The summed E-state index contributed by atoms with van der Waals surface area (Å²) < 4.78 is 0. The fourth-order valence-corrected chi connectivity index (χ4v) is 2.28. The quantitative estimate of drug-likeness (QED) is 0.862. The Bertz CT molecular complexity index is 638. The van der Waals surface area contributed by atoms with E-state index in [4.69, 9.17) is 0 Å². The van der Waals surface area contributed by atoms with Crippen LogP contribution >= 0.6 is 0 Å². The normalized spacial score (nSPS) is 10.2. The monoisotopic (exact) mass is 312 g/mol. The molecule has 2 rings (SSSR count). The molecule has 0 aliphatic carbocycles. The van der Waals surface area contributed by atoms with Crippen molar-refractivity contribution in [2.45, 2.75) is 26.4 Å². The fraction of sp³-hybridized carbons (Fsp3) is 0.333. The molecule has 2 amide bonds. The lowest BCUT2D eigenvalue weighted by atomic mass is 10.1. The molecule has 1 heterocycles. The Balaban J connectivity index is 1.83. The van der Waals surface area contributed by atoms with Gasteiger partial charge in [-0.15, -0.1) is 0 Å². The van der Waals surface area contributed by atoms with E-state index in [1.807, 2.05) is 43.3 Å². The number of rotatable bonds is 6. The van der Waals surface area contributed by atoms with Gasteiger partial charge in [0, 0.05) is 38.9 Å². The first-order valence-corrected chi connectivity index (χ1v) is 7.81. The number of amides is 2. The highest BCUT2D eigenvalue weighted by molar-refractivity contribution is 5.74. The minimum absolute atomic E-state index is 0.182. The van der Waals surface area contributed by atoms with Gasteiger partial charge in [-0.05, 0) is 23.6 Å². The average Bonchev–Trinajstić information content (AvgIpc) is 2.58. The van der Waals surface area contributed by atoms with Crippen LogP contribution in [0.3, 0.4) is 0 Å². The molecule has 23 heavy (non-hydrogen) atoms. The lowest BCUT2D eigenvalue weighted by molar-refractivity contribution is 0.240. The minimum atomic E-state index is -0.182. The van der Waals surface area contributed by atoms with Crippen molar-refractivity contribution in [2.75, 3.05) is 19.0 Å². The molecule has 0 unspecified atom stereocenters. The van der Waals surface area contributed by atoms with Crippen molar-refractivity contribution in [1.82, 2.24) is 15.6 Å². The molecule has 2 N–H and O–H groups in total. The van der Waals surface area contributed by atoms with Crippen LogP contribution in [0.15, 0.2) is 42.6 Å². The van der Waals surface area contributed by atoms with Crippen LogP contribution in [0, 0.1) is 0 Å². The van der Waals surface area contributed by atoms with E-state index in [0.29, 0.717) is 13.1 Å². The van der Waals surface area contributed by atoms with Crippen molar-refractivity contribution in [1.29, 1.82) is 0 Å². The molecule has 0 fully saturated rings. The second-order valence-electron chi connectivity index (χ2n) is 5.59. The zero-order valence-electron chi connectivity index (χ0n) is 14.0. The van der Waals surface area contributed by atoms with Gasteiger partial charge in [0.15, 0.2) is 0 Å². The Morgan fingerprint density at radius 1 is 1.04 bits per heavy atom. The highest BCUT2D eigenvalue weighted by Gasteiger charge is 2.07. The molecule has 0 atom stereocenters. The number of aromatic nitrogens is 1. The maximum Gasteiger partial charge on any atom is 0.315 e. The Kier molecular flexibility index (Phi) is 5.97. The Hall–Kier alpha value is -2.56. The van der Waals surface area contributed by atoms with E-state index in [-0.39, 0.29) is 6.03 Å². The first-order valence-electron chi connectivity index (χ1n) is 7.81. The number of carbonyl (C=O) groups is 1. The van der Waals surface area contributed by atoms with Gasteiger partial charge in [-0.1, -0.05) is 37.3 Å². The van der Waals surface area contributed by atoms with E-state index < -0.39 is 0 Å². The van der Waals surface area contributed by atoms with Crippen molar-refractivity contribution in [3.05, 3.63) is 59.3 Å². The van der Waals surface area contributed by atoms with Crippen LogP contribution in [-0.4, -0.2) is 25.1 Å². The number of urea groups is 1. The van der Waals surface area contributed by atoms with Crippen LogP contribution in [0.5, 0.6) is 0 Å². The van der Waals surface area contributed by atoms with Gasteiger partial charge >= 0.3 is 6.03 Å². The van der Waals surface area contributed by atoms with Crippen LogP contribution in [0.1, 0.15) is 23.6 Å². The summed E-state index contributed by atoms with van der Waals surface area (Å²) >= 11 is 0. The summed E-state index contributed by atoms with van der Waals surface area (Å²) in [5.74, 6) is 0.864. The highest BCUT2D eigenvalue weighted by Crippen LogP contribution is 2.13. The fourth-order valence-electron chi connectivity index (χ4n) is 2.28. The summed E-state index contributed by atoms with van der Waals surface area (Å²) in [6.45, 7) is 3.09. The molecular weight excluding hydrogens is 288 g/mol. The van der Waals surface area contributed by atoms with Gasteiger partial charge in [0.2, 0.25) is 0 Å². The van der Waals surface area contributed by atoms with Crippen LogP contribution in [-0.2, 0) is 19.5 Å². The number of anilines is 1. The Labute approximate surface area is 137 Å². The predicted octanol–water partition coefficient (Wildman–Crippen LogP) is 2.71. The predicted molar refractivity (Wildman–Crippen MR) is 93.5 cm³/mol. The average molecular weight is 312 g/mol. The second kappa shape index (κ2) is 8.17. The summed E-state index contributed by atoms with van der Waals surface area (Å²) in [7, 11) is 3.87. The van der Waals surface area contributed by atoms with E-state index in [9.17, 15) is 4.79 Å². The van der Waals surface area contributed by atoms with E-state index in [1.165, 1.54) is 5.56 Å². The summed E-state index contributed by atoms with van der Waals surface area (Å²) in [6, 6.07) is 11.9. The largest absolute Gasteiger partial charge is 0.362 e. The summed E-state index contributed by atoms with van der Waals surface area (Å²) in [6.07, 6.45) is 2.77. The summed E-state index contributed by atoms with van der Waals surface area (Å²) in [5.41, 5.74) is 3.37. The third-order valence-corrected chi connectivity index (χ3v) is 3.61. The summed E-state index contributed by atoms with van der Waals surface area (Å²) in [4.78, 5) is 18.2. The lowest BCUT2D eigenvalue weighted by Gasteiger charge is -2.16. The molecule has 5 nitrogen and oxygen atoms in total. The van der Waals surface area contributed by atoms with Gasteiger partial charge in [-0.3, -0.25) is 0 Å². The van der Waals surface area contributed by atoms with Crippen LogP contribution in [0.4, 0.5) is 10.6 Å². The van der Waals surface area contributed by atoms with E-state index in [0.717, 1.165) is 23.4 Å². The number of aryl methyl sites for hydroxylation is 1. The molecular formula is C18H24N4O. The van der Waals surface area contributed by atoms with Crippen LogP contribution in [0.2, 0.25) is 0 Å². The SMILES string of the molecule is CCc1ccc(CNC(=O)NCc2cccnc2N(C)C)cc1. The molecule has 1 aromatic carbocycles. The van der Waals surface area contributed by atoms with Gasteiger partial charge in [0.05, 0.1) is 0 Å². The van der Waals surface area contributed by atoms with Crippen molar-refractivity contribution >= 4 is 11.8 Å². The maximum atomic E-state index is 11.9. The number of hydrogen-bond acceptors (Lipinski definition) is 3. The van der Waals surface area contributed by atoms with Crippen molar-refractivity contribution in [2.24, 2.45) is 0 Å². The number of pyridine rings is 1. The number of nitrogens with one attached hydrogen (secondary N) is 2. The number of carbonyl (C=O) groups excluding carboxylic acids is 1. The van der Waals surface area contributed by atoms with Crippen LogP contribution < -0.4 is 15.5 Å². The second-order valence-corrected chi connectivity index (χ2v) is 5.59. The highest BCUT2D eigenvalue weighted by atomic mass is 16.2. The minimum Gasteiger partial charge on any atom is -0.362 e. The van der Waals surface area contributed by atoms with Gasteiger partial charge in [0.25, 0.3) is 0 Å². The van der Waals surface area contributed by atoms with Gasteiger partial charge < -0.3 is 15.5 Å². The van der Waals surface area contributed by atoms with E-state index in [1.54, 1.807) is 6.20 Å². The molecule has 0 aliphatic heterocycles. The summed E-state index contributed by atoms with van der Waals surface area (Å²) in [5, 5.41) is 5.74. The van der Waals surface area contributed by atoms with Gasteiger partial charge in [0.1, 0.15) is 5.82 Å². The molecule has 2 aromatic rings. The molecule has 0 bridgehead atoms. The standard InChI is InChI=1S/C18H24N4O/c1-4-14-7-9-15(10-8-14)12-20-18(23)21-13-16-6-5-11-19-17(16)22(2)3/h5-11H,4,12-13H2,1-3H3,(H2,20,21,23). The maximum absolute atomic E-state index is 11.9. The molecule has 0 spiro atoms. The van der Waals surface area contributed by atoms with Crippen molar-refractivity contribution in [3.63, 3.8) is 0 Å².